The number of para-hydroxylation sites is 1. The van der Waals surface area contributed by atoms with Crippen molar-refractivity contribution in [1.29, 1.82) is 0 Å². The van der Waals surface area contributed by atoms with Crippen molar-refractivity contribution >= 4 is 32.8 Å². The molecule has 1 aliphatic heterocycles. The van der Waals surface area contributed by atoms with Crippen LogP contribution in [-0.2, 0) is 6.54 Å². The van der Waals surface area contributed by atoms with Crippen LogP contribution in [0, 0.1) is 0 Å². The fourth-order valence-corrected chi connectivity index (χ4v) is 3.64. The van der Waals surface area contributed by atoms with E-state index in [0.29, 0.717) is 12.1 Å². The molecule has 3 N–H and O–H groups in total. The molecule has 0 spiro atoms. The molecular weight excluding hydrogens is 360 g/mol. The highest BCUT2D eigenvalue weighted by atomic mass is 79.9. The van der Waals surface area contributed by atoms with Crippen molar-refractivity contribution in [2.24, 2.45) is 0 Å². The zero-order valence-electron chi connectivity index (χ0n) is 12.6. The van der Waals surface area contributed by atoms with E-state index < -0.39 is 5.97 Å². The maximum atomic E-state index is 11.4. The minimum atomic E-state index is -0.930. The molecule has 2 aromatic rings. The van der Waals surface area contributed by atoms with Gasteiger partial charge in [-0.05, 0) is 41.4 Å². The molecule has 2 atom stereocenters. The van der Waals surface area contributed by atoms with Crippen LogP contribution in [-0.4, -0.2) is 39.4 Å². The van der Waals surface area contributed by atoms with Crippen LogP contribution in [0.3, 0.4) is 0 Å². The van der Waals surface area contributed by atoms with Crippen LogP contribution < -0.4 is 5.32 Å². The van der Waals surface area contributed by atoms with Gasteiger partial charge in [0.05, 0.1) is 23.2 Å². The first-order valence-electron chi connectivity index (χ1n) is 7.66. The van der Waals surface area contributed by atoms with Gasteiger partial charge in [-0.1, -0.05) is 24.3 Å². The quantitative estimate of drug-likeness (QED) is 0.715. The molecular formula is C17H19BrN2O3. The summed E-state index contributed by atoms with van der Waals surface area (Å²) < 4.78 is 2.78. The molecule has 0 saturated carbocycles. The molecule has 1 aromatic carbocycles. The fourth-order valence-electron chi connectivity index (χ4n) is 3.04. The number of aliphatic hydroxyl groups is 1. The number of carboxylic acids is 1. The van der Waals surface area contributed by atoms with E-state index in [-0.39, 0.29) is 12.1 Å². The SMILES string of the molecule is O=C(O)c1cn(C/C=C/[C@H]2NCCC[C@@H]2O)c2c(Br)cccc12. The van der Waals surface area contributed by atoms with Gasteiger partial charge >= 0.3 is 5.97 Å². The lowest BCUT2D eigenvalue weighted by Gasteiger charge is -2.26. The Labute approximate surface area is 142 Å². The first-order valence-corrected chi connectivity index (χ1v) is 8.46. The van der Waals surface area contributed by atoms with E-state index in [1.807, 2.05) is 34.9 Å². The maximum absolute atomic E-state index is 11.4. The van der Waals surface area contributed by atoms with E-state index in [9.17, 15) is 15.0 Å². The van der Waals surface area contributed by atoms with Crippen molar-refractivity contribution in [3.8, 4) is 0 Å². The Bertz CT molecular complexity index is 754. The number of benzene rings is 1. The van der Waals surface area contributed by atoms with Crippen molar-refractivity contribution < 1.29 is 15.0 Å². The van der Waals surface area contributed by atoms with Crippen LogP contribution in [0.15, 0.2) is 41.0 Å². The number of carboxylic acid groups (broad SMARTS) is 1. The Morgan fingerprint density at radius 3 is 3.04 bits per heavy atom. The molecule has 6 heteroatoms. The number of piperidine rings is 1. The van der Waals surface area contributed by atoms with Crippen molar-refractivity contribution in [3.05, 3.63) is 46.6 Å². The molecule has 1 fully saturated rings. The number of aromatic nitrogens is 1. The third kappa shape index (κ3) is 3.34. The summed E-state index contributed by atoms with van der Waals surface area (Å²) in [6.07, 6.45) is 7.03. The molecule has 1 saturated heterocycles. The summed E-state index contributed by atoms with van der Waals surface area (Å²) in [5.41, 5.74) is 1.16. The summed E-state index contributed by atoms with van der Waals surface area (Å²) in [4.78, 5) is 11.4. The minimum absolute atomic E-state index is 0.0343. The molecule has 23 heavy (non-hydrogen) atoms. The van der Waals surface area contributed by atoms with Crippen molar-refractivity contribution in [2.75, 3.05) is 6.54 Å². The molecule has 0 unspecified atom stereocenters. The van der Waals surface area contributed by atoms with Crippen LogP contribution in [0.1, 0.15) is 23.2 Å². The second-order valence-electron chi connectivity index (χ2n) is 5.75. The third-order valence-corrected chi connectivity index (χ3v) is 4.84. The number of nitrogens with one attached hydrogen (secondary N) is 1. The van der Waals surface area contributed by atoms with E-state index in [1.165, 1.54) is 0 Å². The van der Waals surface area contributed by atoms with E-state index in [4.69, 9.17) is 0 Å². The molecule has 0 bridgehead atoms. The number of aliphatic hydroxyl groups excluding tert-OH is 1. The summed E-state index contributed by atoms with van der Waals surface area (Å²) >= 11 is 3.50. The lowest BCUT2D eigenvalue weighted by Crippen LogP contribution is -2.43. The first kappa shape index (κ1) is 16.2. The molecule has 2 heterocycles. The Hall–Kier alpha value is -1.63. The topological polar surface area (TPSA) is 74.5 Å². The number of hydrogen-bond donors (Lipinski definition) is 3. The number of aromatic carboxylic acids is 1. The van der Waals surface area contributed by atoms with Gasteiger partial charge < -0.3 is 20.1 Å². The van der Waals surface area contributed by atoms with E-state index in [2.05, 4.69) is 21.2 Å². The van der Waals surface area contributed by atoms with E-state index in [1.54, 1.807) is 6.20 Å². The van der Waals surface area contributed by atoms with Gasteiger partial charge in [0.1, 0.15) is 0 Å². The number of carbonyl (C=O) groups is 1. The summed E-state index contributed by atoms with van der Waals surface area (Å²) in [5.74, 6) is -0.930. The summed E-state index contributed by atoms with van der Waals surface area (Å²) in [6, 6.07) is 5.52. The highest BCUT2D eigenvalue weighted by Gasteiger charge is 2.19. The number of allylic oxidation sites excluding steroid dienone is 1. The number of nitrogens with zero attached hydrogens (tertiary/aromatic N) is 1. The Balaban J connectivity index is 1.86. The number of hydrogen-bond acceptors (Lipinski definition) is 3. The first-order chi connectivity index (χ1) is 11.1. The van der Waals surface area contributed by atoms with Crippen LogP contribution in [0.5, 0.6) is 0 Å². The zero-order valence-corrected chi connectivity index (χ0v) is 14.2. The molecule has 3 rings (SSSR count). The lowest BCUT2D eigenvalue weighted by molar-refractivity contribution is 0.0699. The Morgan fingerprint density at radius 1 is 1.48 bits per heavy atom. The molecule has 122 valence electrons. The number of rotatable bonds is 4. The summed E-state index contributed by atoms with van der Waals surface area (Å²) in [6.45, 7) is 1.46. The molecule has 1 aromatic heterocycles. The zero-order chi connectivity index (χ0) is 16.4. The van der Waals surface area contributed by atoms with Gasteiger partial charge in [-0.15, -0.1) is 0 Å². The second-order valence-corrected chi connectivity index (χ2v) is 6.61. The fraction of sp³-hybridized carbons (Fsp3) is 0.353. The van der Waals surface area contributed by atoms with Gasteiger partial charge in [-0.2, -0.15) is 0 Å². The molecule has 1 aliphatic rings. The van der Waals surface area contributed by atoms with E-state index >= 15 is 0 Å². The Morgan fingerprint density at radius 2 is 2.30 bits per heavy atom. The van der Waals surface area contributed by atoms with Gasteiger partial charge in [0.25, 0.3) is 0 Å². The normalized spacial score (nSPS) is 22.0. The van der Waals surface area contributed by atoms with Crippen LogP contribution in [0.25, 0.3) is 10.9 Å². The summed E-state index contributed by atoms with van der Waals surface area (Å²) in [7, 11) is 0. The van der Waals surface area contributed by atoms with Crippen LogP contribution in [0.4, 0.5) is 0 Å². The van der Waals surface area contributed by atoms with Crippen molar-refractivity contribution in [3.63, 3.8) is 0 Å². The van der Waals surface area contributed by atoms with Gasteiger partial charge in [0.15, 0.2) is 0 Å². The smallest absolute Gasteiger partial charge is 0.337 e. The molecule has 5 nitrogen and oxygen atoms in total. The van der Waals surface area contributed by atoms with Gasteiger partial charge in [0.2, 0.25) is 0 Å². The van der Waals surface area contributed by atoms with Crippen molar-refractivity contribution in [2.45, 2.75) is 31.5 Å². The second kappa shape index (κ2) is 6.86. The average Bonchev–Trinajstić information content (AvgIpc) is 2.90. The average molecular weight is 379 g/mol. The highest BCUT2D eigenvalue weighted by molar-refractivity contribution is 9.10. The Kier molecular flexibility index (Phi) is 4.84. The monoisotopic (exact) mass is 378 g/mol. The standard InChI is InChI=1S/C17H19BrN2O3/c18-13-5-1-4-11-12(17(22)23)10-20(16(11)13)9-3-6-14-15(21)7-2-8-19-14/h1,3-6,10,14-15,19,21H,2,7-9H2,(H,22,23)/b6-3+/t14-,15+/m1/s1. The largest absolute Gasteiger partial charge is 0.478 e. The number of fused-ring (bicyclic) bond motifs is 1. The van der Waals surface area contributed by atoms with Crippen molar-refractivity contribution in [1.82, 2.24) is 9.88 Å². The molecule has 0 amide bonds. The third-order valence-electron chi connectivity index (χ3n) is 4.20. The predicted octanol–water partition coefficient (Wildman–Crippen LogP) is 2.77. The lowest BCUT2D eigenvalue weighted by atomic mass is 10.0. The van der Waals surface area contributed by atoms with Crippen LogP contribution in [0.2, 0.25) is 0 Å². The van der Waals surface area contributed by atoms with Gasteiger partial charge in [-0.25, -0.2) is 4.79 Å². The minimum Gasteiger partial charge on any atom is -0.478 e. The van der Waals surface area contributed by atoms with Gasteiger partial charge in [-0.3, -0.25) is 0 Å². The molecule has 0 radical (unpaired) electrons. The molecule has 0 aliphatic carbocycles. The van der Waals surface area contributed by atoms with E-state index in [0.717, 1.165) is 34.8 Å². The van der Waals surface area contributed by atoms with Crippen LogP contribution >= 0.6 is 15.9 Å². The predicted molar refractivity (Wildman–Crippen MR) is 92.8 cm³/mol. The maximum Gasteiger partial charge on any atom is 0.337 e. The summed E-state index contributed by atoms with van der Waals surface area (Å²) in [5, 5.41) is 23.3. The highest BCUT2D eigenvalue weighted by Crippen LogP contribution is 2.28. The van der Waals surface area contributed by atoms with Gasteiger partial charge in [0, 0.05) is 22.6 Å². The number of halogens is 1.